The number of aromatic nitrogens is 2. The summed E-state index contributed by atoms with van der Waals surface area (Å²) >= 11 is 0. The van der Waals surface area contributed by atoms with Crippen LogP contribution in [0, 0.1) is 0 Å². The summed E-state index contributed by atoms with van der Waals surface area (Å²) in [6, 6.07) is 14.6. The van der Waals surface area contributed by atoms with Crippen LogP contribution in [0.4, 0.5) is 5.69 Å². The topological polar surface area (TPSA) is 122 Å². The molecule has 0 aliphatic carbocycles. The van der Waals surface area contributed by atoms with Crippen LogP contribution in [0.1, 0.15) is 11.6 Å². The number of amides is 2. The molecule has 0 aliphatic heterocycles. The van der Waals surface area contributed by atoms with E-state index in [1.807, 2.05) is 24.3 Å². The van der Waals surface area contributed by atoms with Crippen molar-refractivity contribution in [2.24, 2.45) is 0 Å². The van der Waals surface area contributed by atoms with Gasteiger partial charge in [-0.2, -0.15) is 0 Å². The van der Waals surface area contributed by atoms with Gasteiger partial charge >= 0.3 is 5.69 Å². The Kier molecular flexibility index (Phi) is 7.52. The predicted molar refractivity (Wildman–Crippen MR) is 133 cm³/mol. The maximum absolute atomic E-state index is 13.2. The number of hydrogen-bond donors (Lipinski definition) is 3. The van der Waals surface area contributed by atoms with Crippen LogP contribution in [-0.2, 0) is 16.1 Å². The van der Waals surface area contributed by atoms with Gasteiger partial charge in [-0.05, 0) is 29.8 Å². The van der Waals surface area contributed by atoms with E-state index < -0.39 is 37.2 Å². The van der Waals surface area contributed by atoms with Crippen LogP contribution in [0.25, 0.3) is 0 Å². The van der Waals surface area contributed by atoms with Crippen LogP contribution in [-0.4, -0.2) is 36.5 Å². The molecule has 178 valence electrons. The van der Waals surface area contributed by atoms with E-state index in [0.29, 0.717) is 17.0 Å². The standard InChI is InChI=1S/C24H28N4O5Si/c1-33-18-9-5-16(6-10-18)22(26-21(30)15-28-14-13-20(29)27-24(28)32)23(31)25-17-7-11-19(12-8-17)34(2,3)4/h5-14,22H,15H2,1-4H3,(H,25,31)(H,26,30)(H,27,29,32). The van der Waals surface area contributed by atoms with Crippen molar-refractivity contribution in [1.29, 1.82) is 0 Å². The maximum Gasteiger partial charge on any atom is 0.328 e. The summed E-state index contributed by atoms with van der Waals surface area (Å²) in [5.74, 6) is -0.400. The lowest BCUT2D eigenvalue weighted by molar-refractivity contribution is -0.127. The molecule has 3 rings (SSSR count). The lowest BCUT2D eigenvalue weighted by Gasteiger charge is -2.20. The zero-order valence-electron chi connectivity index (χ0n) is 19.5. The minimum Gasteiger partial charge on any atom is -0.497 e. The van der Waals surface area contributed by atoms with Crippen molar-refractivity contribution in [3.63, 3.8) is 0 Å². The lowest BCUT2D eigenvalue weighted by Crippen LogP contribution is -2.41. The van der Waals surface area contributed by atoms with Gasteiger partial charge in [0.1, 0.15) is 18.3 Å². The van der Waals surface area contributed by atoms with Crippen LogP contribution >= 0.6 is 0 Å². The number of nitrogens with one attached hydrogen (secondary N) is 3. The number of nitrogens with zero attached hydrogens (tertiary/aromatic N) is 1. The third-order valence-electron chi connectivity index (χ3n) is 5.25. The second-order valence-electron chi connectivity index (χ2n) is 8.83. The fourth-order valence-corrected chi connectivity index (χ4v) is 4.46. The van der Waals surface area contributed by atoms with Crippen molar-refractivity contribution < 1.29 is 14.3 Å². The monoisotopic (exact) mass is 480 g/mol. The smallest absolute Gasteiger partial charge is 0.328 e. The molecule has 0 bridgehead atoms. The van der Waals surface area contributed by atoms with E-state index in [2.05, 4.69) is 35.3 Å². The highest BCUT2D eigenvalue weighted by molar-refractivity contribution is 6.88. The molecule has 34 heavy (non-hydrogen) atoms. The summed E-state index contributed by atoms with van der Waals surface area (Å²) in [7, 11) is 0.0562. The SMILES string of the molecule is COc1ccc(C(NC(=O)Cn2ccc(=O)[nH]c2=O)C(=O)Nc2ccc([Si](C)(C)C)cc2)cc1. The van der Waals surface area contributed by atoms with Crippen LogP contribution in [0.3, 0.4) is 0 Å². The number of hydrogen-bond acceptors (Lipinski definition) is 5. The Morgan fingerprint density at radius 2 is 1.65 bits per heavy atom. The van der Waals surface area contributed by atoms with Gasteiger partial charge < -0.3 is 15.4 Å². The van der Waals surface area contributed by atoms with Crippen molar-refractivity contribution in [3.05, 3.63) is 87.2 Å². The van der Waals surface area contributed by atoms with E-state index in [1.165, 1.54) is 18.5 Å². The highest BCUT2D eigenvalue weighted by atomic mass is 28.3. The first-order valence-electron chi connectivity index (χ1n) is 10.7. The summed E-state index contributed by atoms with van der Waals surface area (Å²) < 4.78 is 6.23. The number of carbonyl (C=O) groups excluding carboxylic acids is 2. The van der Waals surface area contributed by atoms with Crippen molar-refractivity contribution >= 4 is 30.8 Å². The molecule has 2 aromatic carbocycles. The number of anilines is 1. The van der Waals surface area contributed by atoms with Gasteiger partial charge in [0, 0.05) is 18.0 Å². The summed E-state index contributed by atoms with van der Waals surface area (Å²) in [6.07, 6.45) is 1.23. The van der Waals surface area contributed by atoms with Crippen LogP contribution in [0.15, 0.2) is 70.4 Å². The Balaban J connectivity index is 1.82. The summed E-state index contributed by atoms with van der Waals surface area (Å²) in [5, 5.41) is 6.79. The number of aromatic amines is 1. The molecular formula is C24H28N4O5Si. The van der Waals surface area contributed by atoms with E-state index in [4.69, 9.17) is 4.74 Å². The molecule has 0 aliphatic rings. The molecule has 1 atom stereocenters. The molecule has 3 N–H and O–H groups in total. The van der Waals surface area contributed by atoms with Gasteiger partial charge in [-0.1, -0.05) is 49.1 Å². The van der Waals surface area contributed by atoms with Crippen molar-refractivity contribution in [3.8, 4) is 5.75 Å². The fourth-order valence-electron chi connectivity index (χ4n) is 3.29. The molecule has 2 amide bonds. The first-order valence-corrected chi connectivity index (χ1v) is 14.2. The average Bonchev–Trinajstić information content (AvgIpc) is 2.79. The number of benzene rings is 2. The zero-order chi connectivity index (χ0) is 24.9. The Labute approximate surface area is 197 Å². The third kappa shape index (κ3) is 6.32. The van der Waals surface area contributed by atoms with Crippen LogP contribution in [0.2, 0.25) is 19.6 Å². The quantitative estimate of drug-likeness (QED) is 0.423. The Bertz CT molecular complexity index is 1270. The number of ether oxygens (including phenoxy) is 1. The molecule has 0 radical (unpaired) electrons. The number of methoxy groups -OCH3 is 1. The molecule has 1 aromatic heterocycles. The van der Waals surface area contributed by atoms with Gasteiger partial charge in [0.15, 0.2) is 0 Å². The summed E-state index contributed by atoms with van der Waals surface area (Å²) in [6.45, 7) is 6.36. The Morgan fingerprint density at radius 1 is 1.00 bits per heavy atom. The average molecular weight is 481 g/mol. The lowest BCUT2D eigenvalue weighted by atomic mass is 10.1. The Hall–Kier alpha value is -3.92. The molecule has 1 unspecified atom stereocenters. The first-order chi connectivity index (χ1) is 16.1. The van der Waals surface area contributed by atoms with Crippen LogP contribution in [0.5, 0.6) is 5.75 Å². The molecule has 10 heteroatoms. The zero-order valence-corrected chi connectivity index (χ0v) is 20.5. The first kappa shape index (κ1) is 24.7. The second kappa shape index (κ2) is 10.3. The van der Waals surface area contributed by atoms with E-state index in [9.17, 15) is 19.2 Å². The second-order valence-corrected chi connectivity index (χ2v) is 13.9. The van der Waals surface area contributed by atoms with E-state index in [0.717, 1.165) is 10.6 Å². The molecule has 1 heterocycles. The molecule has 0 saturated heterocycles. The number of H-pyrrole nitrogens is 1. The maximum atomic E-state index is 13.2. The van der Waals surface area contributed by atoms with Gasteiger partial charge in [0.05, 0.1) is 15.2 Å². The van der Waals surface area contributed by atoms with E-state index in [-0.39, 0.29) is 6.54 Å². The van der Waals surface area contributed by atoms with E-state index >= 15 is 0 Å². The number of carbonyl (C=O) groups is 2. The third-order valence-corrected chi connectivity index (χ3v) is 7.31. The molecule has 0 fully saturated rings. The van der Waals surface area contributed by atoms with Crippen molar-refractivity contribution in [2.45, 2.75) is 32.2 Å². The normalized spacial score (nSPS) is 12.0. The van der Waals surface area contributed by atoms with Gasteiger partial charge in [0.25, 0.3) is 11.5 Å². The molecular weight excluding hydrogens is 452 g/mol. The van der Waals surface area contributed by atoms with Gasteiger partial charge in [0.2, 0.25) is 5.91 Å². The van der Waals surface area contributed by atoms with E-state index in [1.54, 1.807) is 24.3 Å². The van der Waals surface area contributed by atoms with Gasteiger partial charge in [-0.25, -0.2) is 4.79 Å². The molecule has 9 nitrogen and oxygen atoms in total. The fraction of sp³-hybridized carbons (Fsp3) is 0.250. The van der Waals surface area contributed by atoms with Crippen molar-refractivity contribution in [1.82, 2.24) is 14.9 Å². The van der Waals surface area contributed by atoms with Gasteiger partial charge in [-0.15, -0.1) is 0 Å². The largest absolute Gasteiger partial charge is 0.497 e. The number of rotatable bonds is 8. The summed E-state index contributed by atoms with van der Waals surface area (Å²) in [4.78, 5) is 51.1. The highest BCUT2D eigenvalue weighted by Crippen LogP contribution is 2.20. The van der Waals surface area contributed by atoms with Crippen molar-refractivity contribution in [2.75, 3.05) is 12.4 Å². The summed E-state index contributed by atoms with van der Waals surface area (Å²) in [5.41, 5.74) is -0.122. The minimum absolute atomic E-state index is 0.361. The van der Waals surface area contributed by atoms with Crippen LogP contribution < -0.4 is 31.8 Å². The molecule has 3 aromatic rings. The highest BCUT2D eigenvalue weighted by Gasteiger charge is 2.24. The van der Waals surface area contributed by atoms with Gasteiger partial charge in [-0.3, -0.25) is 23.9 Å². The molecule has 0 spiro atoms. The predicted octanol–water partition coefficient (Wildman–Crippen LogP) is 1.59. The minimum atomic E-state index is -1.48. The Morgan fingerprint density at radius 3 is 2.21 bits per heavy atom. The molecule has 0 saturated carbocycles.